The molecule has 1 aliphatic rings. The van der Waals surface area contributed by atoms with Gasteiger partial charge in [0.15, 0.2) is 0 Å². The summed E-state index contributed by atoms with van der Waals surface area (Å²) in [7, 11) is 1.57. The molecule has 22 heavy (non-hydrogen) atoms. The highest BCUT2D eigenvalue weighted by molar-refractivity contribution is 8.04. The quantitative estimate of drug-likeness (QED) is 0.811. The van der Waals surface area contributed by atoms with Gasteiger partial charge in [-0.3, -0.25) is 14.5 Å². The molecular formula is C16H19NO4S. The number of hydrogen-bond donors (Lipinski definition) is 1. The van der Waals surface area contributed by atoms with Crippen LogP contribution in [0.2, 0.25) is 0 Å². The first-order chi connectivity index (χ1) is 10.5. The number of amides is 2. The van der Waals surface area contributed by atoms with Crippen molar-refractivity contribution in [3.05, 3.63) is 34.7 Å². The normalized spacial score (nSPS) is 15.2. The van der Waals surface area contributed by atoms with E-state index in [0.717, 1.165) is 0 Å². The number of nitrogens with zero attached hydrogens (tertiary/aromatic N) is 1. The lowest BCUT2D eigenvalue weighted by molar-refractivity contribution is -0.138. The van der Waals surface area contributed by atoms with Crippen LogP contribution in [0.15, 0.2) is 29.2 Å². The Balaban J connectivity index is 2.46. The Kier molecular flexibility index (Phi) is 5.26. The van der Waals surface area contributed by atoms with E-state index in [1.54, 1.807) is 45.2 Å². The highest BCUT2D eigenvalue weighted by Crippen LogP contribution is 2.37. The maximum absolute atomic E-state index is 12.6. The van der Waals surface area contributed by atoms with E-state index in [-0.39, 0.29) is 24.5 Å². The number of ether oxygens (including phenoxy) is 1. The second kappa shape index (κ2) is 6.98. The predicted octanol–water partition coefficient (Wildman–Crippen LogP) is 1.91. The summed E-state index contributed by atoms with van der Waals surface area (Å²) in [4.78, 5) is 26.8. The Morgan fingerprint density at radius 2 is 1.82 bits per heavy atom. The number of benzene rings is 1. The van der Waals surface area contributed by atoms with E-state index in [0.29, 0.717) is 27.5 Å². The van der Waals surface area contributed by atoms with Crippen LogP contribution < -0.4 is 4.74 Å². The van der Waals surface area contributed by atoms with Crippen molar-refractivity contribution in [2.45, 2.75) is 19.9 Å². The molecule has 1 aliphatic heterocycles. The monoisotopic (exact) mass is 321 g/mol. The number of imide groups is 1. The molecule has 0 fully saturated rings. The molecule has 0 spiro atoms. The summed E-state index contributed by atoms with van der Waals surface area (Å²) in [6.45, 7) is 3.56. The first kappa shape index (κ1) is 16.6. The number of carbonyl (C=O) groups is 2. The van der Waals surface area contributed by atoms with Crippen molar-refractivity contribution < 1.29 is 19.4 Å². The van der Waals surface area contributed by atoms with Crippen molar-refractivity contribution in [2.75, 3.05) is 19.5 Å². The number of methoxy groups -OCH3 is 1. The van der Waals surface area contributed by atoms with Gasteiger partial charge in [-0.1, -0.05) is 12.1 Å². The fourth-order valence-corrected chi connectivity index (χ4v) is 3.16. The molecular weight excluding hydrogens is 302 g/mol. The van der Waals surface area contributed by atoms with Gasteiger partial charge >= 0.3 is 0 Å². The van der Waals surface area contributed by atoms with E-state index in [1.165, 1.54) is 16.7 Å². The van der Waals surface area contributed by atoms with Crippen LogP contribution in [-0.2, 0) is 9.59 Å². The van der Waals surface area contributed by atoms with Crippen LogP contribution in [0.4, 0.5) is 0 Å². The van der Waals surface area contributed by atoms with Crippen LogP contribution in [0.25, 0.3) is 5.57 Å². The zero-order chi connectivity index (χ0) is 16.3. The summed E-state index contributed by atoms with van der Waals surface area (Å²) >= 11 is 1.22. The minimum Gasteiger partial charge on any atom is -0.497 e. The molecule has 5 nitrogen and oxygen atoms in total. The van der Waals surface area contributed by atoms with E-state index >= 15 is 0 Å². The average molecular weight is 321 g/mol. The topological polar surface area (TPSA) is 66.8 Å². The van der Waals surface area contributed by atoms with Crippen LogP contribution in [0.3, 0.4) is 0 Å². The van der Waals surface area contributed by atoms with Crippen LogP contribution in [0.5, 0.6) is 5.75 Å². The summed E-state index contributed by atoms with van der Waals surface area (Å²) in [6, 6.07) is 6.84. The first-order valence-electron chi connectivity index (χ1n) is 7.01. The second-order valence-electron chi connectivity index (χ2n) is 5.08. The van der Waals surface area contributed by atoms with Gasteiger partial charge in [0.2, 0.25) is 0 Å². The molecule has 6 heteroatoms. The smallest absolute Gasteiger partial charge is 0.268 e. The highest BCUT2D eigenvalue weighted by Gasteiger charge is 2.40. The number of thioether (sulfide) groups is 1. The Hall–Kier alpha value is -1.79. The SMILES string of the molecule is COc1ccc(C2=C(SCCO)C(=O)N(C(C)C)C2=O)cc1. The Morgan fingerprint density at radius 1 is 1.18 bits per heavy atom. The van der Waals surface area contributed by atoms with E-state index in [1.807, 2.05) is 0 Å². The zero-order valence-corrected chi connectivity index (χ0v) is 13.6. The summed E-state index contributed by atoms with van der Waals surface area (Å²) < 4.78 is 5.11. The standard InChI is InChI=1S/C16H19NO4S/c1-10(2)17-15(19)13(14(16(17)20)22-9-8-18)11-4-6-12(21-3)7-5-11/h4-7,10,18H,8-9H2,1-3H3. The molecule has 0 aromatic heterocycles. The van der Waals surface area contributed by atoms with Gasteiger partial charge in [0.05, 0.1) is 24.2 Å². The average Bonchev–Trinajstić information content (AvgIpc) is 2.75. The summed E-state index contributed by atoms with van der Waals surface area (Å²) in [6.07, 6.45) is 0. The van der Waals surface area contributed by atoms with Crippen molar-refractivity contribution >= 4 is 29.1 Å². The number of hydrogen-bond acceptors (Lipinski definition) is 5. The molecule has 1 N–H and O–H groups in total. The van der Waals surface area contributed by atoms with Gasteiger partial charge in [0, 0.05) is 11.8 Å². The van der Waals surface area contributed by atoms with Crippen LogP contribution in [0, 0.1) is 0 Å². The summed E-state index contributed by atoms with van der Waals surface area (Å²) in [5, 5.41) is 9.01. The lowest BCUT2D eigenvalue weighted by atomic mass is 10.1. The Labute approximate surface area is 133 Å². The van der Waals surface area contributed by atoms with Crippen molar-refractivity contribution in [2.24, 2.45) is 0 Å². The van der Waals surface area contributed by atoms with Crippen molar-refractivity contribution in [1.82, 2.24) is 4.90 Å². The third-order valence-electron chi connectivity index (χ3n) is 3.31. The molecule has 0 atom stereocenters. The van der Waals surface area contributed by atoms with Gasteiger partial charge in [-0.25, -0.2) is 0 Å². The molecule has 1 aromatic carbocycles. The lowest BCUT2D eigenvalue weighted by Gasteiger charge is -2.19. The maximum atomic E-state index is 12.6. The number of rotatable bonds is 6. The molecule has 0 bridgehead atoms. The number of carbonyl (C=O) groups excluding carboxylic acids is 2. The van der Waals surface area contributed by atoms with Gasteiger partial charge in [-0.2, -0.15) is 0 Å². The number of aliphatic hydroxyl groups is 1. The van der Waals surface area contributed by atoms with Crippen LogP contribution in [0.1, 0.15) is 19.4 Å². The molecule has 0 saturated carbocycles. The van der Waals surface area contributed by atoms with E-state index in [9.17, 15) is 9.59 Å². The summed E-state index contributed by atoms with van der Waals surface area (Å²) in [5.41, 5.74) is 1.09. The van der Waals surface area contributed by atoms with Crippen molar-refractivity contribution in [3.63, 3.8) is 0 Å². The van der Waals surface area contributed by atoms with Gasteiger partial charge in [0.1, 0.15) is 5.75 Å². The fourth-order valence-electron chi connectivity index (χ4n) is 2.29. The van der Waals surface area contributed by atoms with Crippen LogP contribution >= 0.6 is 11.8 Å². The first-order valence-corrected chi connectivity index (χ1v) is 8.00. The van der Waals surface area contributed by atoms with E-state index in [4.69, 9.17) is 9.84 Å². The Morgan fingerprint density at radius 3 is 2.32 bits per heavy atom. The second-order valence-corrected chi connectivity index (χ2v) is 6.18. The molecule has 2 amide bonds. The lowest BCUT2D eigenvalue weighted by Crippen LogP contribution is -2.37. The molecule has 2 rings (SSSR count). The summed E-state index contributed by atoms with van der Waals surface area (Å²) in [5.74, 6) is 0.487. The van der Waals surface area contributed by atoms with Gasteiger partial charge < -0.3 is 9.84 Å². The predicted molar refractivity (Wildman–Crippen MR) is 86.4 cm³/mol. The van der Waals surface area contributed by atoms with Crippen molar-refractivity contribution in [3.8, 4) is 5.75 Å². The molecule has 0 unspecified atom stereocenters. The molecule has 0 saturated heterocycles. The van der Waals surface area contributed by atoms with Gasteiger partial charge in [0.25, 0.3) is 11.8 Å². The Bertz CT molecular complexity index is 607. The van der Waals surface area contributed by atoms with Gasteiger partial charge in [-0.15, -0.1) is 11.8 Å². The van der Waals surface area contributed by atoms with Gasteiger partial charge in [-0.05, 0) is 31.5 Å². The number of aliphatic hydroxyl groups excluding tert-OH is 1. The third-order valence-corrected chi connectivity index (χ3v) is 4.36. The minimum absolute atomic E-state index is 0.0484. The molecule has 1 heterocycles. The molecule has 118 valence electrons. The molecule has 1 aromatic rings. The molecule has 0 aliphatic carbocycles. The van der Waals surface area contributed by atoms with E-state index in [2.05, 4.69) is 0 Å². The molecule has 0 radical (unpaired) electrons. The minimum atomic E-state index is -0.288. The highest BCUT2D eigenvalue weighted by atomic mass is 32.2. The van der Waals surface area contributed by atoms with Crippen LogP contribution in [-0.4, -0.2) is 47.3 Å². The maximum Gasteiger partial charge on any atom is 0.268 e. The zero-order valence-electron chi connectivity index (χ0n) is 12.8. The van der Waals surface area contributed by atoms with Crippen molar-refractivity contribution in [1.29, 1.82) is 0 Å². The third kappa shape index (κ3) is 3.03. The largest absolute Gasteiger partial charge is 0.497 e. The van der Waals surface area contributed by atoms with E-state index < -0.39 is 0 Å². The fraction of sp³-hybridized carbons (Fsp3) is 0.375.